The number of ether oxygens (including phenoxy) is 1. The molecule has 0 spiro atoms. The summed E-state index contributed by atoms with van der Waals surface area (Å²) in [6.07, 6.45) is 1.73. The molecule has 2 unspecified atom stereocenters. The number of anilines is 5. The first-order chi connectivity index (χ1) is 18.6. The lowest BCUT2D eigenvalue weighted by atomic mass is 9.95. The second-order valence-electron chi connectivity index (χ2n) is 10.7. The average Bonchev–Trinajstić information content (AvgIpc) is 3.27. The van der Waals surface area contributed by atoms with Crippen LogP contribution < -0.4 is 25.6 Å². The molecule has 1 aliphatic heterocycles. The van der Waals surface area contributed by atoms with Gasteiger partial charge < -0.3 is 30.5 Å². The highest BCUT2D eigenvalue weighted by molar-refractivity contribution is 5.82. The highest BCUT2D eigenvalue weighted by Crippen LogP contribution is 2.37. The molecule has 2 aromatic carbocycles. The van der Waals surface area contributed by atoms with Gasteiger partial charge in [0.05, 0.1) is 18.5 Å². The normalized spacial score (nSPS) is 14.0. The van der Waals surface area contributed by atoms with Crippen LogP contribution in [0, 0.1) is 24.6 Å². The first kappa shape index (κ1) is 28.2. The van der Waals surface area contributed by atoms with Crippen molar-refractivity contribution >= 4 is 34.5 Å². The third-order valence-corrected chi connectivity index (χ3v) is 7.29. The molecule has 39 heavy (non-hydrogen) atoms. The predicted molar refractivity (Wildman–Crippen MR) is 159 cm³/mol. The predicted octanol–water partition coefficient (Wildman–Crippen LogP) is 5.76. The summed E-state index contributed by atoms with van der Waals surface area (Å²) in [5.41, 5.74) is 5.85. The van der Waals surface area contributed by atoms with Crippen LogP contribution in [-0.2, 0) is 6.54 Å². The largest absolute Gasteiger partial charge is 0.492 e. The molecule has 0 amide bonds. The summed E-state index contributed by atoms with van der Waals surface area (Å²) in [5.74, 6) is 1.53. The zero-order valence-electron chi connectivity index (χ0n) is 24.0. The van der Waals surface area contributed by atoms with E-state index in [1.54, 1.807) is 18.3 Å². The lowest BCUT2D eigenvalue weighted by Gasteiger charge is -2.29. The lowest BCUT2D eigenvalue weighted by molar-refractivity contribution is 0.277. The third-order valence-electron chi connectivity index (χ3n) is 7.29. The molecule has 2 atom stereocenters. The molecule has 0 radical (unpaired) electrons. The van der Waals surface area contributed by atoms with Gasteiger partial charge in [-0.05, 0) is 56.6 Å². The van der Waals surface area contributed by atoms with Crippen LogP contribution in [0.2, 0.25) is 0 Å². The number of aryl methyl sites for hydroxylation is 1. The summed E-state index contributed by atoms with van der Waals surface area (Å²) < 4.78 is 21.2. The van der Waals surface area contributed by atoms with Crippen LogP contribution in [0.15, 0.2) is 43.1 Å². The van der Waals surface area contributed by atoms with Crippen molar-refractivity contribution in [2.24, 2.45) is 11.8 Å². The molecule has 4 rings (SSSR count). The van der Waals surface area contributed by atoms with Crippen molar-refractivity contribution in [2.45, 2.75) is 27.3 Å². The van der Waals surface area contributed by atoms with Crippen molar-refractivity contribution in [1.29, 1.82) is 0 Å². The Labute approximate surface area is 231 Å². The molecule has 0 fully saturated rings. The molecule has 2 heterocycles. The molecule has 208 valence electrons. The van der Waals surface area contributed by atoms with Gasteiger partial charge in [0.1, 0.15) is 5.82 Å². The molecular weight excluding hydrogens is 493 g/mol. The second-order valence-corrected chi connectivity index (χ2v) is 10.7. The quantitative estimate of drug-likeness (QED) is 0.287. The maximum absolute atomic E-state index is 15.7. The molecule has 3 aromatic rings. The van der Waals surface area contributed by atoms with Crippen molar-refractivity contribution < 1.29 is 9.13 Å². The minimum absolute atomic E-state index is 0.121. The molecule has 1 aromatic heterocycles. The Kier molecular flexibility index (Phi) is 8.60. The van der Waals surface area contributed by atoms with Crippen molar-refractivity contribution in [3.8, 4) is 5.75 Å². The topological polar surface area (TPSA) is 77.6 Å². The fourth-order valence-corrected chi connectivity index (χ4v) is 4.98. The van der Waals surface area contributed by atoms with E-state index in [0.29, 0.717) is 35.0 Å². The zero-order chi connectivity index (χ0) is 28.3. The van der Waals surface area contributed by atoms with E-state index in [1.807, 2.05) is 31.0 Å². The number of aromatic nitrogens is 2. The number of hydrogen-bond acceptors (Lipinski definition) is 8. The van der Waals surface area contributed by atoms with Gasteiger partial charge in [-0.3, -0.25) is 0 Å². The maximum atomic E-state index is 15.7. The van der Waals surface area contributed by atoms with Crippen LogP contribution in [0.5, 0.6) is 5.75 Å². The fraction of sp³-hybridized carbons (Fsp3) is 0.400. The van der Waals surface area contributed by atoms with E-state index in [-0.39, 0.29) is 5.75 Å². The van der Waals surface area contributed by atoms with Crippen LogP contribution in [0.25, 0.3) is 5.70 Å². The van der Waals surface area contributed by atoms with Crippen molar-refractivity contribution in [3.63, 3.8) is 0 Å². The standard InChI is InChI=1S/C30H40FN7O/c1-18-14-33-30(36-29(18)34-23-11-9-10-22-15-32-21(4)26(22)23)35-24-12-13-25(27(31)28(24)39-8)38(7)17-20(3)19(2)16-37(5)6/h9-14,19-20,32H,4,15-17H2,1-3,5-8H3,(H2,33,34,35,36). The molecule has 1 aliphatic rings. The summed E-state index contributed by atoms with van der Waals surface area (Å²) >= 11 is 0. The van der Waals surface area contributed by atoms with Crippen LogP contribution >= 0.6 is 0 Å². The van der Waals surface area contributed by atoms with Crippen LogP contribution in [-0.4, -0.2) is 56.2 Å². The number of nitrogens with one attached hydrogen (secondary N) is 3. The smallest absolute Gasteiger partial charge is 0.229 e. The molecule has 0 saturated heterocycles. The van der Waals surface area contributed by atoms with Gasteiger partial charge >= 0.3 is 0 Å². The highest BCUT2D eigenvalue weighted by atomic mass is 19.1. The number of hydrogen-bond donors (Lipinski definition) is 3. The van der Waals surface area contributed by atoms with E-state index >= 15 is 4.39 Å². The average molecular weight is 534 g/mol. The van der Waals surface area contributed by atoms with Crippen LogP contribution in [0.3, 0.4) is 0 Å². The van der Waals surface area contributed by atoms with Crippen molar-refractivity contribution in [3.05, 3.63) is 65.6 Å². The van der Waals surface area contributed by atoms with E-state index in [1.165, 1.54) is 12.7 Å². The van der Waals surface area contributed by atoms with Gasteiger partial charge in [-0.2, -0.15) is 4.98 Å². The van der Waals surface area contributed by atoms with E-state index in [0.717, 1.165) is 42.1 Å². The van der Waals surface area contributed by atoms with E-state index in [9.17, 15) is 0 Å². The zero-order valence-corrected chi connectivity index (χ0v) is 24.0. The Morgan fingerprint density at radius 2 is 1.82 bits per heavy atom. The molecule has 8 nitrogen and oxygen atoms in total. The molecular formula is C30H40FN7O. The van der Waals surface area contributed by atoms with Gasteiger partial charge in [0.15, 0.2) is 11.6 Å². The molecule has 9 heteroatoms. The second kappa shape index (κ2) is 11.9. The lowest BCUT2D eigenvalue weighted by Crippen LogP contribution is -2.32. The Morgan fingerprint density at radius 1 is 1.08 bits per heavy atom. The Balaban J connectivity index is 1.54. The number of methoxy groups -OCH3 is 1. The Morgan fingerprint density at radius 3 is 2.54 bits per heavy atom. The monoisotopic (exact) mass is 533 g/mol. The molecule has 0 bridgehead atoms. The summed E-state index contributed by atoms with van der Waals surface area (Å²) in [5, 5.41) is 9.86. The summed E-state index contributed by atoms with van der Waals surface area (Å²) in [6, 6.07) is 9.66. The minimum atomic E-state index is -0.422. The van der Waals surface area contributed by atoms with E-state index in [4.69, 9.17) is 4.74 Å². The van der Waals surface area contributed by atoms with Crippen LogP contribution in [0.1, 0.15) is 30.5 Å². The molecule has 0 aliphatic carbocycles. The molecule has 3 N–H and O–H groups in total. The summed E-state index contributed by atoms with van der Waals surface area (Å²) in [6.45, 7) is 13.0. The van der Waals surface area contributed by atoms with Gasteiger partial charge in [-0.15, -0.1) is 0 Å². The Hall–Kier alpha value is -3.85. The number of nitrogens with zero attached hydrogens (tertiary/aromatic N) is 4. The minimum Gasteiger partial charge on any atom is -0.492 e. The SMILES string of the molecule is C=C1NCc2cccc(Nc3nc(Nc4ccc(N(C)CC(C)C(C)CN(C)C)c(F)c4OC)ncc3C)c21. The van der Waals surface area contributed by atoms with Gasteiger partial charge in [0, 0.05) is 55.4 Å². The first-order valence-electron chi connectivity index (χ1n) is 13.2. The van der Waals surface area contributed by atoms with E-state index < -0.39 is 5.82 Å². The van der Waals surface area contributed by atoms with Gasteiger partial charge in [-0.1, -0.05) is 32.6 Å². The molecule has 0 saturated carbocycles. The number of rotatable bonds is 11. The Bertz CT molecular complexity index is 1340. The maximum Gasteiger partial charge on any atom is 0.229 e. The van der Waals surface area contributed by atoms with Crippen molar-refractivity contribution in [2.75, 3.05) is 56.9 Å². The third kappa shape index (κ3) is 6.25. The number of fused-ring (bicyclic) bond motifs is 1. The number of benzene rings is 2. The van der Waals surface area contributed by atoms with Gasteiger partial charge in [-0.25, -0.2) is 9.37 Å². The summed E-state index contributed by atoms with van der Waals surface area (Å²) in [4.78, 5) is 13.2. The highest BCUT2D eigenvalue weighted by Gasteiger charge is 2.22. The van der Waals surface area contributed by atoms with Gasteiger partial charge in [0.2, 0.25) is 5.95 Å². The summed E-state index contributed by atoms with van der Waals surface area (Å²) in [7, 11) is 7.52. The van der Waals surface area contributed by atoms with E-state index in [2.05, 4.69) is 71.4 Å². The van der Waals surface area contributed by atoms with Crippen molar-refractivity contribution in [1.82, 2.24) is 20.2 Å². The van der Waals surface area contributed by atoms with Crippen LogP contribution in [0.4, 0.5) is 33.2 Å². The number of halogens is 1. The first-order valence-corrected chi connectivity index (χ1v) is 13.2. The van der Waals surface area contributed by atoms with Gasteiger partial charge in [0.25, 0.3) is 0 Å². The fourth-order valence-electron chi connectivity index (χ4n) is 4.98.